The summed E-state index contributed by atoms with van der Waals surface area (Å²) in [6.07, 6.45) is 0. The lowest BCUT2D eigenvalue weighted by molar-refractivity contribution is -0.385. The number of nitro groups is 2. The maximum atomic E-state index is 12.6. The van der Waals surface area contributed by atoms with Gasteiger partial charge in [0.25, 0.3) is 17.3 Å². The number of rotatable bonds is 7. The van der Waals surface area contributed by atoms with Gasteiger partial charge in [0.05, 0.1) is 16.5 Å². The highest BCUT2D eigenvalue weighted by Crippen LogP contribution is 2.37. The number of carbonyl (C=O) groups is 2. The number of amides is 1. The molecule has 0 aliphatic rings. The van der Waals surface area contributed by atoms with Crippen molar-refractivity contribution in [3.8, 4) is 11.1 Å². The summed E-state index contributed by atoms with van der Waals surface area (Å²) in [5.41, 5.74) is 0.452. The van der Waals surface area contributed by atoms with E-state index >= 15 is 0 Å². The van der Waals surface area contributed by atoms with Crippen LogP contribution in [0, 0.1) is 20.2 Å². The molecule has 2 aromatic carbocycles. The fraction of sp³-hybridized carbons (Fsp3) is 0.100. The minimum atomic E-state index is -0.709. The Hall–Kier alpha value is -4.12. The minimum absolute atomic E-state index is 0.0364. The Morgan fingerprint density at radius 1 is 1.03 bits per heavy atom. The van der Waals surface area contributed by atoms with E-state index in [-0.39, 0.29) is 34.1 Å². The number of carbonyl (C=O) groups excluding carboxylic acids is 2. The van der Waals surface area contributed by atoms with Gasteiger partial charge in [-0.2, -0.15) is 0 Å². The van der Waals surface area contributed by atoms with Crippen molar-refractivity contribution < 1.29 is 24.2 Å². The number of anilines is 1. The molecule has 31 heavy (non-hydrogen) atoms. The molecular formula is C20H15N3O7S. The third-order valence-electron chi connectivity index (χ3n) is 4.18. The standard InChI is InChI=1S/C20H15N3O7S/c1-2-30-20(25)17-16(12-5-3-7-14(9-12)22(26)27)11-31-19(17)21-18(24)13-6-4-8-15(10-13)23(28)29/h3-11H,2H2,1H3,(H,21,24). The molecule has 3 rings (SSSR count). The van der Waals surface area contributed by atoms with Crippen LogP contribution in [-0.4, -0.2) is 28.3 Å². The van der Waals surface area contributed by atoms with E-state index in [1.807, 2.05) is 0 Å². The first-order valence-electron chi connectivity index (χ1n) is 8.91. The molecule has 158 valence electrons. The zero-order valence-corrected chi connectivity index (χ0v) is 16.9. The average Bonchev–Trinajstić information content (AvgIpc) is 3.17. The van der Waals surface area contributed by atoms with Crippen LogP contribution >= 0.6 is 11.3 Å². The van der Waals surface area contributed by atoms with Crippen molar-refractivity contribution in [3.63, 3.8) is 0 Å². The minimum Gasteiger partial charge on any atom is -0.462 e. The van der Waals surface area contributed by atoms with Crippen LogP contribution in [0.1, 0.15) is 27.6 Å². The number of benzene rings is 2. The van der Waals surface area contributed by atoms with Gasteiger partial charge in [-0.15, -0.1) is 11.3 Å². The molecule has 1 amide bonds. The predicted molar refractivity (Wildman–Crippen MR) is 113 cm³/mol. The molecular weight excluding hydrogens is 426 g/mol. The summed E-state index contributed by atoms with van der Waals surface area (Å²) in [6, 6.07) is 10.9. The van der Waals surface area contributed by atoms with Gasteiger partial charge in [0.1, 0.15) is 10.6 Å². The Labute approximate surface area is 179 Å². The molecule has 0 aliphatic carbocycles. The van der Waals surface area contributed by atoms with Gasteiger partial charge in [0.15, 0.2) is 0 Å². The fourth-order valence-corrected chi connectivity index (χ4v) is 3.74. The van der Waals surface area contributed by atoms with Gasteiger partial charge in [-0.25, -0.2) is 4.79 Å². The second kappa shape index (κ2) is 9.13. The lowest BCUT2D eigenvalue weighted by Crippen LogP contribution is -2.15. The Morgan fingerprint density at radius 2 is 1.68 bits per heavy atom. The summed E-state index contributed by atoms with van der Waals surface area (Å²) in [5.74, 6) is -1.36. The van der Waals surface area contributed by atoms with E-state index in [9.17, 15) is 29.8 Å². The highest BCUT2D eigenvalue weighted by molar-refractivity contribution is 7.15. The third-order valence-corrected chi connectivity index (χ3v) is 5.08. The van der Waals surface area contributed by atoms with Crippen LogP contribution < -0.4 is 5.32 Å². The summed E-state index contributed by atoms with van der Waals surface area (Å²) in [5, 5.41) is 26.4. The van der Waals surface area contributed by atoms with Gasteiger partial charge in [-0.1, -0.05) is 18.2 Å². The molecule has 0 aliphatic heterocycles. The molecule has 1 N–H and O–H groups in total. The normalized spacial score (nSPS) is 10.4. The van der Waals surface area contributed by atoms with Crippen molar-refractivity contribution in [1.29, 1.82) is 0 Å². The Kier molecular flexibility index (Phi) is 6.36. The van der Waals surface area contributed by atoms with Gasteiger partial charge >= 0.3 is 5.97 Å². The molecule has 0 bridgehead atoms. The number of nitrogens with zero attached hydrogens (tertiary/aromatic N) is 2. The van der Waals surface area contributed by atoms with E-state index in [4.69, 9.17) is 4.74 Å². The van der Waals surface area contributed by atoms with Crippen LogP contribution in [-0.2, 0) is 4.74 Å². The first-order chi connectivity index (χ1) is 14.8. The van der Waals surface area contributed by atoms with Crippen molar-refractivity contribution in [1.82, 2.24) is 0 Å². The zero-order valence-electron chi connectivity index (χ0n) is 16.1. The van der Waals surface area contributed by atoms with Crippen LogP contribution in [0.3, 0.4) is 0 Å². The maximum absolute atomic E-state index is 12.6. The lowest BCUT2D eigenvalue weighted by atomic mass is 10.0. The number of nitrogens with one attached hydrogen (secondary N) is 1. The Bertz CT molecular complexity index is 1190. The average molecular weight is 441 g/mol. The molecule has 10 nitrogen and oxygen atoms in total. The van der Waals surface area contributed by atoms with E-state index in [0.29, 0.717) is 11.1 Å². The lowest BCUT2D eigenvalue weighted by Gasteiger charge is -2.09. The zero-order chi connectivity index (χ0) is 22.5. The number of hydrogen-bond donors (Lipinski definition) is 1. The SMILES string of the molecule is CCOC(=O)c1c(-c2cccc([N+](=O)[O-])c2)csc1NC(=O)c1cccc([N+](=O)[O-])c1. The molecule has 0 saturated carbocycles. The molecule has 11 heteroatoms. The quantitative estimate of drug-likeness (QED) is 0.319. The van der Waals surface area contributed by atoms with Crippen molar-refractivity contribution in [2.45, 2.75) is 6.92 Å². The third kappa shape index (κ3) is 4.73. The number of esters is 1. The van der Waals surface area contributed by atoms with Crippen LogP contribution in [0.4, 0.5) is 16.4 Å². The maximum Gasteiger partial charge on any atom is 0.341 e. The molecule has 0 fully saturated rings. The molecule has 0 spiro atoms. The number of hydrogen-bond acceptors (Lipinski definition) is 8. The van der Waals surface area contributed by atoms with Gasteiger partial charge in [-0.05, 0) is 18.6 Å². The number of thiophene rings is 1. The fourth-order valence-electron chi connectivity index (χ4n) is 2.79. The van der Waals surface area contributed by atoms with Crippen LogP contribution in [0.15, 0.2) is 53.9 Å². The first-order valence-corrected chi connectivity index (χ1v) is 9.79. The summed E-state index contributed by atoms with van der Waals surface area (Å²) >= 11 is 1.04. The number of ether oxygens (including phenoxy) is 1. The van der Waals surface area contributed by atoms with Gasteiger partial charge in [0.2, 0.25) is 0 Å². The van der Waals surface area contributed by atoms with Crippen LogP contribution in [0.5, 0.6) is 0 Å². The van der Waals surface area contributed by atoms with Crippen LogP contribution in [0.2, 0.25) is 0 Å². The van der Waals surface area contributed by atoms with E-state index in [0.717, 1.165) is 17.4 Å². The van der Waals surface area contributed by atoms with Crippen molar-refractivity contribution in [2.75, 3.05) is 11.9 Å². The number of non-ortho nitro benzene ring substituents is 2. The predicted octanol–water partition coefficient (Wildman–Crippen LogP) is 4.66. The van der Waals surface area contributed by atoms with E-state index < -0.39 is 21.7 Å². The number of nitro benzene ring substituents is 2. The summed E-state index contributed by atoms with van der Waals surface area (Å²) in [7, 11) is 0. The molecule has 1 aromatic heterocycles. The van der Waals surface area contributed by atoms with E-state index in [1.54, 1.807) is 18.4 Å². The second-order valence-corrected chi connectivity index (χ2v) is 7.02. The van der Waals surface area contributed by atoms with Crippen LogP contribution in [0.25, 0.3) is 11.1 Å². The molecule has 1 heterocycles. The van der Waals surface area contributed by atoms with Gasteiger partial charge in [-0.3, -0.25) is 25.0 Å². The molecule has 0 saturated heterocycles. The first kappa shape index (κ1) is 21.6. The molecule has 3 aromatic rings. The van der Waals surface area contributed by atoms with E-state index in [2.05, 4.69) is 5.32 Å². The Morgan fingerprint density at radius 3 is 2.32 bits per heavy atom. The van der Waals surface area contributed by atoms with Crippen molar-refractivity contribution in [2.24, 2.45) is 0 Å². The topological polar surface area (TPSA) is 142 Å². The van der Waals surface area contributed by atoms with Gasteiger partial charge in [0, 0.05) is 40.8 Å². The summed E-state index contributed by atoms with van der Waals surface area (Å²) in [4.78, 5) is 46.1. The highest BCUT2D eigenvalue weighted by atomic mass is 32.1. The molecule has 0 unspecified atom stereocenters. The monoisotopic (exact) mass is 441 g/mol. The van der Waals surface area contributed by atoms with Crippen molar-refractivity contribution >= 4 is 39.6 Å². The highest BCUT2D eigenvalue weighted by Gasteiger charge is 2.24. The summed E-state index contributed by atoms with van der Waals surface area (Å²) in [6.45, 7) is 1.71. The van der Waals surface area contributed by atoms with Crippen molar-refractivity contribution in [3.05, 3.63) is 85.3 Å². The van der Waals surface area contributed by atoms with Gasteiger partial charge < -0.3 is 10.1 Å². The summed E-state index contributed by atoms with van der Waals surface area (Å²) < 4.78 is 5.10. The smallest absolute Gasteiger partial charge is 0.341 e. The second-order valence-electron chi connectivity index (χ2n) is 6.14. The van der Waals surface area contributed by atoms with E-state index in [1.165, 1.54) is 36.4 Å². The molecule has 0 atom stereocenters. The Balaban J connectivity index is 2.01. The molecule has 0 radical (unpaired) electrons. The largest absolute Gasteiger partial charge is 0.462 e.